The predicted molar refractivity (Wildman–Crippen MR) is 93.0 cm³/mol. The van der Waals surface area contributed by atoms with Crippen LogP contribution in [0.25, 0.3) is 11.0 Å². The van der Waals surface area contributed by atoms with E-state index in [9.17, 15) is 9.90 Å². The summed E-state index contributed by atoms with van der Waals surface area (Å²) >= 11 is 0. The normalized spacial score (nSPS) is 11.2. The summed E-state index contributed by atoms with van der Waals surface area (Å²) < 4.78 is 1.90. The molecule has 3 rings (SSSR count). The van der Waals surface area contributed by atoms with Gasteiger partial charge in [0, 0.05) is 6.42 Å². The van der Waals surface area contributed by atoms with E-state index in [1.165, 1.54) is 6.21 Å². The molecule has 0 aliphatic heterocycles. The van der Waals surface area contributed by atoms with Crippen LogP contribution >= 0.6 is 0 Å². The van der Waals surface area contributed by atoms with Gasteiger partial charge in [0.15, 0.2) is 0 Å². The molecule has 3 aromatic rings. The molecule has 0 radical (unpaired) electrons. The van der Waals surface area contributed by atoms with Crippen LogP contribution in [0.15, 0.2) is 53.6 Å². The minimum absolute atomic E-state index is 0.163. The smallest absolute Gasteiger partial charge is 0.260 e. The molecule has 0 spiro atoms. The summed E-state index contributed by atoms with van der Waals surface area (Å²) in [6.07, 6.45) is 2.28. The number of fused-ring (bicyclic) bond motifs is 1. The minimum Gasteiger partial charge on any atom is -0.508 e. The average Bonchev–Trinajstić information content (AvgIpc) is 2.94. The van der Waals surface area contributed by atoms with E-state index in [1.54, 1.807) is 24.3 Å². The SMILES string of the molecule is CCc1nc2ccccc2n1CC(=O)NN=Cc1ccc(O)cc1. The number of carbonyl (C=O) groups excluding carboxylic acids is 1. The van der Waals surface area contributed by atoms with Crippen LogP contribution in [0, 0.1) is 0 Å². The number of nitrogens with zero attached hydrogens (tertiary/aromatic N) is 3. The van der Waals surface area contributed by atoms with Crippen molar-refractivity contribution in [3.63, 3.8) is 0 Å². The van der Waals surface area contributed by atoms with Crippen LogP contribution in [0.2, 0.25) is 0 Å². The first-order valence-corrected chi connectivity index (χ1v) is 7.72. The van der Waals surface area contributed by atoms with Gasteiger partial charge in [-0.25, -0.2) is 10.4 Å². The number of hydrogen-bond acceptors (Lipinski definition) is 4. The van der Waals surface area contributed by atoms with E-state index < -0.39 is 0 Å². The minimum atomic E-state index is -0.220. The fourth-order valence-electron chi connectivity index (χ4n) is 2.49. The average molecular weight is 322 g/mol. The number of aromatic nitrogens is 2. The van der Waals surface area contributed by atoms with Crippen molar-refractivity contribution in [1.29, 1.82) is 0 Å². The van der Waals surface area contributed by atoms with Crippen molar-refractivity contribution in [2.75, 3.05) is 0 Å². The Balaban J connectivity index is 1.70. The number of rotatable bonds is 5. The Bertz CT molecular complexity index is 882. The van der Waals surface area contributed by atoms with Gasteiger partial charge in [0.25, 0.3) is 5.91 Å². The lowest BCUT2D eigenvalue weighted by Gasteiger charge is -2.06. The third kappa shape index (κ3) is 3.43. The molecule has 0 saturated heterocycles. The standard InChI is InChI=1S/C18H18N4O2/c1-2-17-20-15-5-3-4-6-16(15)22(17)12-18(24)21-19-11-13-7-9-14(23)10-8-13/h3-11,23H,2,12H2,1H3,(H,21,24). The molecule has 0 atom stereocenters. The van der Waals surface area contributed by atoms with Gasteiger partial charge < -0.3 is 9.67 Å². The first-order valence-electron chi connectivity index (χ1n) is 7.72. The largest absolute Gasteiger partial charge is 0.508 e. The Hall–Kier alpha value is -3.15. The van der Waals surface area contributed by atoms with E-state index in [2.05, 4.69) is 15.5 Å². The van der Waals surface area contributed by atoms with Crippen molar-refractivity contribution in [3.8, 4) is 5.75 Å². The molecule has 0 fully saturated rings. The number of benzene rings is 2. The van der Waals surface area contributed by atoms with Crippen LogP contribution in [0.1, 0.15) is 18.3 Å². The summed E-state index contributed by atoms with van der Waals surface area (Å²) in [6.45, 7) is 2.18. The van der Waals surface area contributed by atoms with E-state index in [-0.39, 0.29) is 18.2 Å². The number of hydrogen-bond donors (Lipinski definition) is 2. The molecular weight excluding hydrogens is 304 g/mol. The molecule has 0 bridgehead atoms. The summed E-state index contributed by atoms with van der Waals surface area (Å²) in [5, 5.41) is 13.2. The lowest BCUT2D eigenvalue weighted by Crippen LogP contribution is -2.24. The number of phenols is 1. The first kappa shape index (κ1) is 15.7. The Morgan fingerprint density at radius 1 is 1.25 bits per heavy atom. The van der Waals surface area contributed by atoms with Crippen molar-refractivity contribution >= 4 is 23.2 Å². The van der Waals surface area contributed by atoms with Gasteiger partial charge in [0.2, 0.25) is 0 Å². The zero-order chi connectivity index (χ0) is 16.9. The molecule has 2 N–H and O–H groups in total. The van der Waals surface area contributed by atoms with Gasteiger partial charge in [-0.3, -0.25) is 4.79 Å². The second-order valence-corrected chi connectivity index (χ2v) is 5.34. The van der Waals surface area contributed by atoms with Crippen molar-refractivity contribution in [1.82, 2.24) is 15.0 Å². The van der Waals surface area contributed by atoms with E-state index in [0.29, 0.717) is 0 Å². The Morgan fingerprint density at radius 2 is 2.00 bits per heavy atom. The van der Waals surface area contributed by atoms with E-state index in [1.807, 2.05) is 35.8 Å². The second-order valence-electron chi connectivity index (χ2n) is 5.34. The number of aryl methyl sites for hydroxylation is 1. The topological polar surface area (TPSA) is 79.5 Å². The number of imidazole rings is 1. The molecule has 1 amide bonds. The van der Waals surface area contributed by atoms with Crippen LogP contribution in [0.5, 0.6) is 5.75 Å². The van der Waals surface area contributed by atoms with Crippen molar-refractivity contribution < 1.29 is 9.90 Å². The molecule has 0 aliphatic rings. The van der Waals surface area contributed by atoms with Crippen LogP contribution < -0.4 is 5.43 Å². The maximum absolute atomic E-state index is 12.2. The van der Waals surface area contributed by atoms with Gasteiger partial charge in [0.05, 0.1) is 17.2 Å². The maximum atomic E-state index is 12.2. The highest BCUT2D eigenvalue weighted by Crippen LogP contribution is 2.16. The molecule has 122 valence electrons. The third-order valence-corrected chi connectivity index (χ3v) is 3.65. The van der Waals surface area contributed by atoms with Crippen LogP contribution in [0.3, 0.4) is 0 Å². The quantitative estimate of drug-likeness (QED) is 0.559. The molecule has 0 aliphatic carbocycles. The first-order chi connectivity index (χ1) is 11.7. The molecule has 1 heterocycles. The predicted octanol–water partition coefficient (Wildman–Crippen LogP) is 2.45. The van der Waals surface area contributed by atoms with Gasteiger partial charge in [-0.15, -0.1) is 0 Å². The summed E-state index contributed by atoms with van der Waals surface area (Å²) in [6, 6.07) is 14.3. The van der Waals surface area contributed by atoms with Gasteiger partial charge in [-0.2, -0.15) is 5.10 Å². The molecule has 6 nitrogen and oxygen atoms in total. The molecular formula is C18H18N4O2. The number of para-hydroxylation sites is 2. The highest BCUT2D eigenvalue weighted by Gasteiger charge is 2.11. The molecule has 2 aromatic carbocycles. The molecule has 24 heavy (non-hydrogen) atoms. The molecule has 6 heteroatoms. The Kier molecular flexibility index (Phi) is 4.56. The van der Waals surface area contributed by atoms with Crippen molar-refractivity contribution in [2.45, 2.75) is 19.9 Å². The van der Waals surface area contributed by atoms with Crippen molar-refractivity contribution in [3.05, 3.63) is 59.9 Å². The zero-order valence-corrected chi connectivity index (χ0v) is 13.3. The number of hydrazone groups is 1. The molecule has 0 saturated carbocycles. The Morgan fingerprint density at radius 3 is 2.75 bits per heavy atom. The van der Waals surface area contributed by atoms with Gasteiger partial charge in [0.1, 0.15) is 18.1 Å². The number of phenolic OH excluding ortho intramolecular Hbond substituents is 1. The molecule has 1 aromatic heterocycles. The lowest BCUT2D eigenvalue weighted by atomic mass is 10.2. The number of carbonyl (C=O) groups is 1. The van der Waals surface area contributed by atoms with Crippen LogP contribution in [-0.4, -0.2) is 26.8 Å². The maximum Gasteiger partial charge on any atom is 0.260 e. The third-order valence-electron chi connectivity index (χ3n) is 3.65. The van der Waals surface area contributed by atoms with Gasteiger partial charge in [-0.1, -0.05) is 19.1 Å². The number of nitrogens with one attached hydrogen (secondary N) is 1. The highest BCUT2D eigenvalue weighted by atomic mass is 16.3. The van der Waals surface area contributed by atoms with Gasteiger partial charge >= 0.3 is 0 Å². The summed E-state index contributed by atoms with van der Waals surface area (Å²) in [4.78, 5) is 16.7. The fraction of sp³-hybridized carbons (Fsp3) is 0.167. The fourth-order valence-corrected chi connectivity index (χ4v) is 2.49. The number of aromatic hydroxyl groups is 1. The number of amides is 1. The molecule has 0 unspecified atom stereocenters. The van der Waals surface area contributed by atoms with Gasteiger partial charge in [-0.05, 0) is 42.0 Å². The highest BCUT2D eigenvalue weighted by molar-refractivity contribution is 5.84. The summed E-state index contributed by atoms with van der Waals surface area (Å²) in [7, 11) is 0. The van der Waals surface area contributed by atoms with E-state index >= 15 is 0 Å². The zero-order valence-electron chi connectivity index (χ0n) is 13.3. The lowest BCUT2D eigenvalue weighted by molar-refractivity contribution is -0.121. The van der Waals surface area contributed by atoms with E-state index in [0.717, 1.165) is 28.8 Å². The van der Waals surface area contributed by atoms with Crippen LogP contribution in [0.4, 0.5) is 0 Å². The summed E-state index contributed by atoms with van der Waals surface area (Å²) in [5.41, 5.74) is 5.13. The Labute approximate surface area is 139 Å². The van der Waals surface area contributed by atoms with Crippen LogP contribution in [-0.2, 0) is 17.8 Å². The monoisotopic (exact) mass is 322 g/mol. The summed E-state index contributed by atoms with van der Waals surface area (Å²) in [5.74, 6) is 0.840. The van der Waals surface area contributed by atoms with Crippen molar-refractivity contribution in [2.24, 2.45) is 5.10 Å². The second kappa shape index (κ2) is 6.95. The van der Waals surface area contributed by atoms with E-state index in [4.69, 9.17) is 0 Å².